The quantitative estimate of drug-likeness (QED) is 0.356. The molecule has 3 aromatic carbocycles. The summed E-state index contributed by atoms with van der Waals surface area (Å²) in [5.41, 5.74) is -0.381. The van der Waals surface area contributed by atoms with Crippen LogP contribution in [0.15, 0.2) is 71.5 Å². The standard InChI is InChI=1S/C24H12F5N3O/c25-13-3-1-12(2-4-13)22-23(17-8-6-15(27)10-19(17)29)32-21(33)11-20(30-24(32)31-22)16-7-5-14(26)9-18(16)28/h1-11H,(H,30,31). The molecule has 0 aliphatic rings. The Labute approximate surface area is 182 Å². The van der Waals surface area contributed by atoms with Crippen LogP contribution in [0.5, 0.6) is 0 Å². The van der Waals surface area contributed by atoms with Crippen LogP contribution >= 0.6 is 0 Å². The van der Waals surface area contributed by atoms with Crippen LogP contribution in [0.1, 0.15) is 0 Å². The number of halogens is 5. The molecule has 2 heterocycles. The van der Waals surface area contributed by atoms with Crippen LogP contribution in [-0.2, 0) is 0 Å². The normalized spacial score (nSPS) is 11.3. The maximum atomic E-state index is 14.7. The predicted molar refractivity (Wildman–Crippen MR) is 112 cm³/mol. The second-order valence-electron chi connectivity index (χ2n) is 7.24. The zero-order valence-corrected chi connectivity index (χ0v) is 16.5. The van der Waals surface area contributed by atoms with Crippen molar-refractivity contribution < 1.29 is 22.0 Å². The molecule has 0 aliphatic heterocycles. The third-order valence-electron chi connectivity index (χ3n) is 5.14. The highest BCUT2D eigenvalue weighted by Crippen LogP contribution is 2.34. The summed E-state index contributed by atoms with van der Waals surface area (Å²) < 4.78 is 70.4. The molecule has 33 heavy (non-hydrogen) atoms. The van der Waals surface area contributed by atoms with Crippen molar-refractivity contribution in [3.63, 3.8) is 0 Å². The molecule has 2 aromatic heterocycles. The highest BCUT2D eigenvalue weighted by Gasteiger charge is 2.22. The van der Waals surface area contributed by atoms with Gasteiger partial charge in [0.2, 0.25) is 5.78 Å². The molecule has 0 atom stereocenters. The molecule has 0 radical (unpaired) electrons. The van der Waals surface area contributed by atoms with Crippen molar-refractivity contribution in [1.29, 1.82) is 0 Å². The minimum Gasteiger partial charge on any atom is -0.324 e. The molecular formula is C24H12F5N3O. The van der Waals surface area contributed by atoms with E-state index in [-0.39, 0.29) is 34.0 Å². The summed E-state index contributed by atoms with van der Waals surface area (Å²) in [5, 5.41) is 0. The molecular weight excluding hydrogens is 441 g/mol. The van der Waals surface area contributed by atoms with Crippen LogP contribution in [-0.4, -0.2) is 14.4 Å². The average molecular weight is 453 g/mol. The first kappa shape index (κ1) is 20.6. The van der Waals surface area contributed by atoms with E-state index in [0.29, 0.717) is 17.7 Å². The lowest BCUT2D eigenvalue weighted by Gasteiger charge is -2.08. The van der Waals surface area contributed by atoms with E-state index in [9.17, 15) is 26.7 Å². The van der Waals surface area contributed by atoms with Crippen LogP contribution in [0.4, 0.5) is 22.0 Å². The molecule has 0 unspecified atom stereocenters. The first-order valence-corrected chi connectivity index (χ1v) is 9.64. The number of nitrogens with one attached hydrogen (secondary N) is 1. The van der Waals surface area contributed by atoms with Crippen LogP contribution in [0, 0.1) is 29.1 Å². The van der Waals surface area contributed by atoms with Crippen molar-refractivity contribution in [2.45, 2.75) is 0 Å². The maximum absolute atomic E-state index is 14.7. The number of aromatic amines is 1. The molecule has 0 amide bonds. The van der Waals surface area contributed by atoms with Gasteiger partial charge in [-0.05, 0) is 48.5 Å². The van der Waals surface area contributed by atoms with Crippen molar-refractivity contribution in [1.82, 2.24) is 14.4 Å². The second kappa shape index (κ2) is 7.70. The van der Waals surface area contributed by atoms with E-state index >= 15 is 0 Å². The predicted octanol–water partition coefficient (Wildman–Crippen LogP) is 5.72. The number of H-pyrrole nitrogens is 1. The molecule has 1 N–H and O–H groups in total. The minimum absolute atomic E-state index is 0.00138. The Balaban J connectivity index is 1.83. The molecule has 0 bridgehead atoms. The highest BCUT2D eigenvalue weighted by molar-refractivity contribution is 5.82. The third kappa shape index (κ3) is 3.57. The van der Waals surface area contributed by atoms with Gasteiger partial charge in [0.15, 0.2) is 0 Å². The van der Waals surface area contributed by atoms with Crippen molar-refractivity contribution in [2.75, 3.05) is 0 Å². The van der Waals surface area contributed by atoms with E-state index in [1.807, 2.05) is 0 Å². The molecule has 0 aliphatic carbocycles. The zero-order chi connectivity index (χ0) is 23.3. The number of hydrogen-bond donors (Lipinski definition) is 1. The molecule has 9 heteroatoms. The molecule has 5 rings (SSSR count). The Hall–Kier alpha value is -4.27. The second-order valence-corrected chi connectivity index (χ2v) is 7.24. The van der Waals surface area contributed by atoms with Crippen LogP contribution in [0.25, 0.3) is 39.5 Å². The van der Waals surface area contributed by atoms with Crippen LogP contribution in [0.2, 0.25) is 0 Å². The van der Waals surface area contributed by atoms with Gasteiger partial charge in [-0.3, -0.25) is 4.79 Å². The minimum atomic E-state index is -0.937. The first-order chi connectivity index (χ1) is 15.8. The summed E-state index contributed by atoms with van der Waals surface area (Å²) >= 11 is 0. The van der Waals surface area contributed by atoms with Gasteiger partial charge in [-0.2, -0.15) is 0 Å². The fourth-order valence-corrected chi connectivity index (χ4v) is 3.66. The van der Waals surface area contributed by atoms with Crippen molar-refractivity contribution in [3.05, 3.63) is 106 Å². The molecule has 0 fully saturated rings. The van der Waals surface area contributed by atoms with Gasteiger partial charge in [-0.25, -0.2) is 31.3 Å². The molecule has 4 nitrogen and oxygen atoms in total. The Bertz CT molecular complexity index is 1590. The van der Waals surface area contributed by atoms with Gasteiger partial charge in [0, 0.05) is 34.9 Å². The Morgan fingerprint density at radius 1 is 0.697 bits per heavy atom. The monoisotopic (exact) mass is 453 g/mol. The van der Waals surface area contributed by atoms with E-state index in [1.165, 1.54) is 24.3 Å². The lowest BCUT2D eigenvalue weighted by atomic mass is 10.0. The SMILES string of the molecule is O=c1cc(-c2ccc(F)cc2F)[nH]c2nc(-c3ccc(F)cc3)c(-c3ccc(F)cc3F)n12. The van der Waals surface area contributed by atoms with E-state index < -0.39 is 34.6 Å². The lowest BCUT2D eigenvalue weighted by molar-refractivity contribution is 0.584. The smallest absolute Gasteiger partial charge is 0.260 e. The summed E-state index contributed by atoms with van der Waals surface area (Å²) in [4.78, 5) is 20.3. The van der Waals surface area contributed by atoms with E-state index in [1.54, 1.807) is 0 Å². The summed E-state index contributed by atoms with van der Waals surface area (Å²) in [6.45, 7) is 0. The fourth-order valence-electron chi connectivity index (χ4n) is 3.66. The number of nitrogens with zero attached hydrogens (tertiary/aromatic N) is 2. The Morgan fingerprint density at radius 2 is 1.27 bits per heavy atom. The lowest BCUT2D eigenvalue weighted by Crippen LogP contribution is -2.15. The number of benzene rings is 3. The first-order valence-electron chi connectivity index (χ1n) is 9.64. The maximum Gasteiger partial charge on any atom is 0.260 e. The average Bonchev–Trinajstić information content (AvgIpc) is 3.14. The fraction of sp³-hybridized carbons (Fsp3) is 0. The summed E-state index contributed by atoms with van der Waals surface area (Å²) in [6, 6.07) is 11.9. The van der Waals surface area contributed by atoms with Gasteiger partial charge in [0.1, 0.15) is 29.1 Å². The molecule has 0 spiro atoms. The van der Waals surface area contributed by atoms with Gasteiger partial charge in [0.25, 0.3) is 5.56 Å². The third-order valence-corrected chi connectivity index (χ3v) is 5.14. The van der Waals surface area contributed by atoms with Crippen molar-refractivity contribution in [2.24, 2.45) is 0 Å². The Morgan fingerprint density at radius 3 is 1.88 bits per heavy atom. The largest absolute Gasteiger partial charge is 0.324 e. The number of rotatable bonds is 3. The van der Waals surface area contributed by atoms with Crippen LogP contribution in [0.3, 0.4) is 0 Å². The van der Waals surface area contributed by atoms with Crippen molar-refractivity contribution in [3.8, 4) is 33.8 Å². The molecule has 0 saturated heterocycles. The van der Waals surface area contributed by atoms with Crippen LogP contribution < -0.4 is 5.56 Å². The van der Waals surface area contributed by atoms with Gasteiger partial charge in [-0.1, -0.05) is 0 Å². The van der Waals surface area contributed by atoms with E-state index in [2.05, 4.69) is 9.97 Å². The van der Waals surface area contributed by atoms with Gasteiger partial charge in [0.05, 0.1) is 17.1 Å². The topological polar surface area (TPSA) is 50.2 Å². The van der Waals surface area contributed by atoms with E-state index in [0.717, 1.165) is 34.7 Å². The molecule has 0 saturated carbocycles. The number of imidazole rings is 1. The number of hydrogen-bond acceptors (Lipinski definition) is 2. The number of fused-ring (bicyclic) bond motifs is 1. The molecule has 164 valence electrons. The highest BCUT2D eigenvalue weighted by atomic mass is 19.1. The zero-order valence-electron chi connectivity index (χ0n) is 16.5. The number of aromatic nitrogens is 3. The molecule has 5 aromatic rings. The summed E-state index contributed by atoms with van der Waals surface area (Å²) in [5.74, 6) is -4.01. The van der Waals surface area contributed by atoms with Gasteiger partial charge >= 0.3 is 0 Å². The summed E-state index contributed by atoms with van der Waals surface area (Å²) in [7, 11) is 0. The summed E-state index contributed by atoms with van der Waals surface area (Å²) in [6.07, 6.45) is 0. The van der Waals surface area contributed by atoms with Gasteiger partial charge in [-0.15, -0.1) is 0 Å². The van der Waals surface area contributed by atoms with Crippen molar-refractivity contribution >= 4 is 5.78 Å². The van der Waals surface area contributed by atoms with Gasteiger partial charge < -0.3 is 4.98 Å². The Kier molecular flexibility index (Phi) is 4.81. The van der Waals surface area contributed by atoms with E-state index in [4.69, 9.17) is 0 Å².